The molecule has 0 saturated heterocycles. The van der Waals surface area contributed by atoms with E-state index in [4.69, 9.17) is 4.74 Å². The highest BCUT2D eigenvalue weighted by molar-refractivity contribution is 7.99. The van der Waals surface area contributed by atoms with E-state index in [2.05, 4.69) is 25.6 Å². The molecule has 0 fully saturated rings. The van der Waals surface area contributed by atoms with Crippen LogP contribution in [0.25, 0.3) is 16.9 Å². The van der Waals surface area contributed by atoms with Gasteiger partial charge in [-0.05, 0) is 43.3 Å². The van der Waals surface area contributed by atoms with Crippen LogP contribution in [0.5, 0.6) is 5.75 Å². The van der Waals surface area contributed by atoms with Crippen molar-refractivity contribution in [1.82, 2.24) is 30.3 Å². The van der Waals surface area contributed by atoms with Gasteiger partial charge in [-0.15, -0.1) is 5.10 Å². The van der Waals surface area contributed by atoms with E-state index in [1.807, 2.05) is 37.4 Å². The second-order valence-electron chi connectivity index (χ2n) is 6.86. The lowest BCUT2D eigenvalue weighted by Gasteiger charge is -2.05. The lowest BCUT2D eigenvalue weighted by Crippen LogP contribution is -2.16. The molecule has 2 heterocycles. The third kappa shape index (κ3) is 5.12. The molecule has 31 heavy (non-hydrogen) atoms. The van der Waals surface area contributed by atoms with Crippen LogP contribution in [0.1, 0.15) is 11.4 Å². The fourth-order valence-electron chi connectivity index (χ4n) is 3.12. The predicted molar refractivity (Wildman–Crippen MR) is 119 cm³/mol. The number of ether oxygens (including phenoxy) is 1. The molecular weight excluding hydrogens is 415 g/mol. The first-order valence-corrected chi connectivity index (χ1v) is 10.8. The van der Waals surface area contributed by atoms with E-state index >= 15 is 0 Å². The van der Waals surface area contributed by atoms with Gasteiger partial charge in [-0.25, -0.2) is 14.1 Å². The molecular formula is C22H23FN6OS. The van der Waals surface area contributed by atoms with E-state index in [1.54, 1.807) is 41.8 Å². The normalized spacial score (nSPS) is 11.1. The molecule has 9 heteroatoms. The maximum absolute atomic E-state index is 14.3. The summed E-state index contributed by atoms with van der Waals surface area (Å²) in [6, 6.07) is 14.3. The SMILES string of the molecule is COc1ccc(-c2nn(-c3ccccc3F)cc2CNCCSc2n[nH]c(C)n2)cc1. The monoisotopic (exact) mass is 438 g/mol. The van der Waals surface area contributed by atoms with Crippen molar-refractivity contribution in [2.75, 3.05) is 19.4 Å². The Morgan fingerprint density at radius 1 is 1.16 bits per heavy atom. The minimum Gasteiger partial charge on any atom is -0.497 e. The second kappa shape index (κ2) is 9.76. The number of nitrogens with one attached hydrogen (secondary N) is 2. The first-order valence-electron chi connectivity index (χ1n) is 9.84. The molecule has 0 aliphatic rings. The van der Waals surface area contributed by atoms with Gasteiger partial charge in [0, 0.05) is 36.2 Å². The summed E-state index contributed by atoms with van der Waals surface area (Å²) in [7, 11) is 1.63. The Morgan fingerprint density at radius 3 is 2.68 bits per heavy atom. The second-order valence-corrected chi connectivity index (χ2v) is 7.92. The summed E-state index contributed by atoms with van der Waals surface area (Å²) in [6.07, 6.45) is 1.87. The molecule has 2 aromatic heterocycles. The van der Waals surface area contributed by atoms with E-state index in [9.17, 15) is 4.39 Å². The minimum absolute atomic E-state index is 0.316. The van der Waals surface area contributed by atoms with Crippen molar-refractivity contribution in [2.45, 2.75) is 18.6 Å². The molecule has 0 bridgehead atoms. The number of nitrogens with zero attached hydrogens (tertiary/aromatic N) is 4. The van der Waals surface area contributed by atoms with Crippen molar-refractivity contribution in [3.63, 3.8) is 0 Å². The number of aromatic amines is 1. The molecule has 0 radical (unpaired) electrons. The predicted octanol–water partition coefficient (Wildman–Crippen LogP) is 4.00. The molecule has 2 aromatic carbocycles. The fraction of sp³-hybridized carbons (Fsp3) is 0.227. The molecule has 0 amide bonds. The van der Waals surface area contributed by atoms with Gasteiger partial charge >= 0.3 is 0 Å². The average molecular weight is 439 g/mol. The Labute approximate surface area is 184 Å². The van der Waals surface area contributed by atoms with Crippen LogP contribution in [-0.4, -0.2) is 44.4 Å². The standard InChI is InChI=1S/C22H23FN6OS/c1-15-25-22(27-26-15)31-12-11-24-13-17-14-29(20-6-4-3-5-19(20)23)28-21(17)16-7-9-18(30-2)10-8-16/h3-10,14,24H,11-13H2,1-2H3,(H,25,26,27). The first-order chi connectivity index (χ1) is 15.1. The summed E-state index contributed by atoms with van der Waals surface area (Å²) in [6.45, 7) is 3.25. The first kappa shape index (κ1) is 21.1. The Morgan fingerprint density at radius 2 is 1.97 bits per heavy atom. The van der Waals surface area contributed by atoms with Crippen molar-refractivity contribution in [3.8, 4) is 22.7 Å². The molecule has 0 atom stereocenters. The Bertz CT molecular complexity index is 1140. The van der Waals surface area contributed by atoms with Gasteiger partial charge in [0.15, 0.2) is 0 Å². The highest BCUT2D eigenvalue weighted by atomic mass is 32.2. The zero-order valence-electron chi connectivity index (χ0n) is 17.3. The quantitative estimate of drug-likeness (QED) is 0.304. The van der Waals surface area contributed by atoms with Crippen LogP contribution in [0.15, 0.2) is 59.9 Å². The highest BCUT2D eigenvalue weighted by Crippen LogP contribution is 2.26. The van der Waals surface area contributed by atoms with Gasteiger partial charge in [0.1, 0.15) is 23.1 Å². The van der Waals surface area contributed by atoms with Crippen molar-refractivity contribution < 1.29 is 9.13 Å². The molecule has 0 aliphatic heterocycles. The molecule has 7 nitrogen and oxygen atoms in total. The van der Waals surface area contributed by atoms with Gasteiger partial charge in [-0.3, -0.25) is 5.10 Å². The van der Waals surface area contributed by atoms with E-state index in [0.29, 0.717) is 12.2 Å². The van der Waals surface area contributed by atoms with E-state index < -0.39 is 0 Å². The number of halogens is 1. The number of aromatic nitrogens is 5. The summed E-state index contributed by atoms with van der Waals surface area (Å²) >= 11 is 1.58. The summed E-state index contributed by atoms with van der Waals surface area (Å²) in [5, 5.41) is 15.8. The third-order valence-electron chi connectivity index (χ3n) is 4.65. The van der Waals surface area contributed by atoms with Gasteiger partial charge in [0.2, 0.25) is 5.16 Å². The largest absolute Gasteiger partial charge is 0.497 e. The van der Waals surface area contributed by atoms with Crippen LogP contribution in [0.3, 0.4) is 0 Å². The number of thioether (sulfide) groups is 1. The molecule has 2 N–H and O–H groups in total. The lowest BCUT2D eigenvalue weighted by molar-refractivity contribution is 0.415. The Hall–Kier alpha value is -3.17. The van der Waals surface area contributed by atoms with Crippen LogP contribution >= 0.6 is 11.8 Å². The molecule has 0 unspecified atom stereocenters. The Balaban J connectivity index is 1.50. The van der Waals surface area contributed by atoms with Crippen LogP contribution < -0.4 is 10.1 Å². The number of benzene rings is 2. The van der Waals surface area contributed by atoms with E-state index in [0.717, 1.165) is 45.8 Å². The van der Waals surface area contributed by atoms with Crippen molar-refractivity contribution in [3.05, 3.63) is 71.9 Å². The van der Waals surface area contributed by atoms with Crippen molar-refractivity contribution in [1.29, 1.82) is 0 Å². The van der Waals surface area contributed by atoms with Crippen LogP contribution in [0, 0.1) is 12.7 Å². The number of rotatable bonds is 9. The van der Waals surface area contributed by atoms with Crippen molar-refractivity contribution >= 4 is 11.8 Å². The zero-order chi connectivity index (χ0) is 21.6. The van der Waals surface area contributed by atoms with Gasteiger partial charge < -0.3 is 10.1 Å². The topological polar surface area (TPSA) is 80.6 Å². The van der Waals surface area contributed by atoms with Crippen molar-refractivity contribution in [2.24, 2.45) is 0 Å². The van der Waals surface area contributed by atoms with Gasteiger partial charge in [0.25, 0.3) is 0 Å². The van der Waals surface area contributed by atoms with Crippen LogP contribution in [0.4, 0.5) is 4.39 Å². The molecule has 0 aliphatic carbocycles. The number of hydrogen-bond acceptors (Lipinski definition) is 6. The molecule has 0 saturated carbocycles. The summed E-state index contributed by atoms with van der Waals surface area (Å²) < 4.78 is 21.2. The lowest BCUT2D eigenvalue weighted by atomic mass is 10.1. The number of aryl methyl sites for hydroxylation is 1. The van der Waals surface area contributed by atoms with Gasteiger partial charge in [0.05, 0.1) is 12.8 Å². The number of methoxy groups -OCH3 is 1. The molecule has 160 valence electrons. The number of hydrogen-bond donors (Lipinski definition) is 2. The van der Waals surface area contributed by atoms with Crippen LogP contribution in [-0.2, 0) is 6.54 Å². The molecule has 4 rings (SSSR count). The Kier molecular flexibility index (Phi) is 6.63. The fourth-order valence-corrected chi connectivity index (χ4v) is 3.86. The third-order valence-corrected chi connectivity index (χ3v) is 5.50. The number of H-pyrrole nitrogens is 1. The van der Waals surface area contributed by atoms with Gasteiger partial charge in [-0.2, -0.15) is 5.10 Å². The molecule has 0 spiro atoms. The summed E-state index contributed by atoms with van der Waals surface area (Å²) in [4.78, 5) is 4.29. The van der Waals surface area contributed by atoms with E-state index in [-0.39, 0.29) is 5.82 Å². The smallest absolute Gasteiger partial charge is 0.208 e. The summed E-state index contributed by atoms with van der Waals surface area (Å²) in [5.41, 5.74) is 3.14. The van der Waals surface area contributed by atoms with Gasteiger partial charge in [-0.1, -0.05) is 23.9 Å². The average Bonchev–Trinajstić information content (AvgIpc) is 3.40. The highest BCUT2D eigenvalue weighted by Gasteiger charge is 2.14. The maximum Gasteiger partial charge on any atom is 0.208 e. The summed E-state index contributed by atoms with van der Waals surface area (Å²) in [5.74, 6) is 2.09. The minimum atomic E-state index is -0.316. The maximum atomic E-state index is 14.3. The zero-order valence-corrected chi connectivity index (χ0v) is 18.1. The van der Waals surface area contributed by atoms with Crippen LogP contribution in [0.2, 0.25) is 0 Å². The molecule has 4 aromatic rings. The number of para-hydroxylation sites is 1. The van der Waals surface area contributed by atoms with E-state index in [1.165, 1.54) is 6.07 Å².